The molecule has 1 heterocycles. The third-order valence-corrected chi connectivity index (χ3v) is 5.36. The molecule has 0 spiro atoms. The zero-order valence-electron chi connectivity index (χ0n) is 14.3. The molecule has 2 N–H and O–H groups in total. The Labute approximate surface area is 157 Å². The van der Waals surface area contributed by atoms with Crippen molar-refractivity contribution < 1.29 is 13.2 Å². The van der Waals surface area contributed by atoms with Gasteiger partial charge in [-0.25, -0.2) is 8.42 Å². The van der Waals surface area contributed by atoms with Crippen LogP contribution in [0.2, 0.25) is 5.02 Å². The topological polar surface area (TPSA) is 84.1 Å². The smallest absolute Gasteiger partial charge is 0.266 e. The van der Waals surface area contributed by atoms with Gasteiger partial charge in [0.2, 0.25) is 0 Å². The SMILES string of the molecule is CCOc1ccc(Cl)cc1S(=O)(=O)Nc1cc(-c2ccccc2C)[nH]n1. The molecule has 3 rings (SSSR count). The summed E-state index contributed by atoms with van der Waals surface area (Å²) in [6.07, 6.45) is 0. The third kappa shape index (κ3) is 3.84. The standard InChI is InChI=1S/C18H18ClN3O3S/c1-3-25-16-9-8-13(19)10-17(16)26(23,24)22-18-11-15(20-21-18)14-7-5-4-6-12(14)2/h4-11H,3H2,1-2H3,(H2,20,21,22). The van der Waals surface area contributed by atoms with Crippen LogP contribution >= 0.6 is 11.6 Å². The first kappa shape index (κ1) is 18.3. The average molecular weight is 392 g/mol. The number of aromatic nitrogens is 2. The van der Waals surface area contributed by atoms with E-state index in [-0.39, 0.29) is 16.5 Å². The Morgan fingerprint density at radius 2 is 1.96 bits per heavy atom. The van der Waals surface area contributed by atoms with Crippen molar-refractivity contribution >= 4 is 27.4 Å². The number of ether oxygens (including phenoxy) is 1. The molecule has 0 amide bonds. The number of sulfonamides is 1. The van der Waals surface area contributed by atoms with Crippen molar-refractivity contribution in [1.82, 2.24) is 10.2 Å². The average Bonchev–Trinajstić information content (AvgIpc) is 3.04. The van der Waals surface area contributed by atoms with Crippen LogP contribution in [0.15, 0.2) is 53.4 Å². The summed E-state index contributed by atoms with van der Waals surface area (Å²) >= 11 is 5.96. The van der Waals surface area contributed by atoms with Crippen LogP contribution in [0.3, 0.4) is 0 Å². The molecule has 1 aromatic heterocycles. The highest BCUT2D eigenvalue weighted by Crippen LogP contribution is 2.30. The second-order valence-corrected chi connectivity index (χ2v) is 7.70. The van der Waals surface area contributed by atoms with Gasteiger partial charge in [0.05, 0.1) is 12.3 Å². The number of aromatic amines is 1. The van der Waals surface area contributed by atoms with Crippen molar-refractivity contribution in [2.45, 2.75) is 18.7 Å². The summed E-state index contributed by atoms with van der Waals surface area (Å²) in [6.45, 7) is 4.09. The maximum Gasteiger partial charge on any atom is 0.266 e. The molecular formula is C18H18ClN3O3S. The minimum Gasteiger partial charge on any atom is -0.492 e. The molecule has 0 aliphatic carbocycles. The summed E-state index contributed by atoms with van der Waals surface area (Å²) in [6, 6.07) is 13.9. The number of H-pyrrole nitrogens is 1. The third-order valence-electron chi connectivity index (χ3n) is 3.75. The van der Waals surface area contributed by atoms with Gasteiger partial charge < -0.3 is 4.74 Å². The van der Waals surface area contributed by atoms with Crippen molar-refractivity contribution in [2.24, 2.45) is 0 Å². The van der Waals surface area contributed by atoms with E-state index in [1.807, 2.05) is 31.2 Å². The first-order chi connectivity index (χ1) is 12.4. The summed E-state index contributed by atoms with van der Waals surface area (Å²) in [4.78, 5) is -0.0349. The lowest BCUT2D eigenvalue weighted by molar-refractivity contribution is 0.331. The van der Waals surface area contributed by atoms with Crippen LogP contribution in [0.25, 0.3) is 11.3 Å². The summed E-state index contributed by atoms with van der Waals surface area (Å²) in [5, 5.41) is 7.21. The van der Waals surface area contributed by atoms with E-state index >= 15 is 0 Å². The van der Waals surface area contributed by atoms with E-state index in [0.717, 1.165) is 16.8 Å². The van der Waals surface area contributed by atoms with Gasteiger partial charge in [-0.2, -0.15) is 5.10 Å². The molecule has 0 bridgehead atoms. The normalized spacial score (nSPS) is 11.3. The van der Waals surface area contributed by atoms with Gasteiger partial charge in [0.25, 0.3) is 10.0 Å². The fourth-order valence-corrected chi connectivity index (χ4v) is 3.95. The zero-order chi connectivity index (χ0) is 18.7. The fraction of sp³-hybridized carbons (Fsp3) is 0.167. The Hall–Kier alpha value is -2.51. The van der Waals surface area contributed by atoms with Crippen molar-refractivity contribution in [2.75, 3.05) is 11.3 Å². The van der Waals surface area contributed by atoms with E-state index in [1.54, 1.807) is 19.1 Å². The molecule has 0 atom stereocenters. The van der Waals surface area contributed by atoms with Crippen LogP contribution in [0.1, 0.15) is 12.5 Å². The van der Waals surface area contributed by atoms with E-state index in [9.17, 15) is 8.42 Å². The van der Waals surface area contributed by atoms with E-state index in [4.69, 9.17) is 16.3 Å². The van der Waals surface area contributed by atoms with Gasteiger partial charge in [-0.1, -0.05) is 35.9 Å². The number of aryl methyl sites for hydroxylation is 1. The molecule has 0 saturated carbocycles. The summed E-state index contributed by atoms with van der Waals surface area (Å²) in [5.41, 5.74) is 2.72. The summed E-state index contributed by atoms with van der Waals surface area (Å²) < 4.78 is 33.4. The number of nitrogens with one attached hydrogen (secondary N) is 2. The Balaban J connectivity index is 1.92. The highest BCUT2D eigenvalue weighted by Gasteiger charge is 2.22. The zero-order valence-corrected chi connectivity index (χ0v) is 15.9. The largest absolute Gasteiger partial charge is 0.492 e. The first-order valence-corrected chi connectivity index (χ1v) is 9.83. The Morgan fingerprint density at radius 1 is 1.19 bits per heavy atom. The minimum absolute atomic E-state index is 0.0349. The molecule has 0 aliphatic heterocycles. The molecule has 0 aliphatic rings. The number of halogens is 1. The summed E-state index contributed by atoms with van der Waals surface area (Å²) in [5.74, 6) is 0.421. The molecule has 0 fully saturated rings. The van der Waals surface area contributed by atoms with Crippen LogP contribution in [-0.4, -0.2) is 25.2 Å². The van der Waals surface area contributed by atoms with Crippen LogP contribution in [0, 0.1) is 6.92 Å². The van der Waals surface area contributed by atoms with Gasteiger partial charge in [-0.3, -0.25) is 9.82 Å². The van der Waals surface area contributed by atoms with Crippen molar-refractivity contribution in [3.8, 4) is 17.0 Å². The Morgan fingerprint density at radius 3 is 2.69 bits per heavy atom. The molecule has 0 saturated heterocycles. The molecule has 3 aromatic rings. The van der Waals surface area contributed by atoms with E-state index < -0.39 is 10.0 Å². The highest BCUT2D eigenvalue weighted by molar-refractivity contribution is 7.92. The molecule has 136 valence electrons. The number of rotatable bonds is 6. The number of nitrogens with zero attached hydrogens (tertiary/aromatic N) is 1. The molecule has 26 heavy (non-hydrogen) atoms. The van der Waals surface area contributed by atoms with Crippen molar-refractivity contribution in [3.05, 3.63) is 59.1 Å². The van der Waals surface area contributed by atoms with Gasteiger partial charge in [0, 0.05) is 16.7 Å². The van der Waals surface area contributed by atoms with Crippen LogP contribution in [0.5, 0.6) is 5.75 Å². The second kappa shape index (κ2) is 7.39. The predicted molar refractivity (Wildman–Crippen MR) is 102 cm³/mol. The van der Waals surface area contributed by atoms with Crippen LogP contribution < -0.4 is 9.46 Å². The van der Waals surface area contributed by atoms with E-state index in [0.29, 0.717) is 11.6 Å². The minimum atomic E-state index is -3.91. The van der Waals surface area contributed by atoms with Gasteiger partial charge in [-0.15, -0.1) is 0 Å². The fourth-order valence-electron chi connectivity index (χ4n) is 2.55. The lowest BCUT2D eigenvalue weighted by atomic mass is 10.1. The molecule has 6 nitrogen and oxygen atoms in total. The molecule has 2 aromatic carbocycles. The maximum absolute atomic E-state index is 12.8. The highest BCUT2D eigenvalue weighted by atomic mass is 35.5. The summed E-state index contributed by atoms with van der Waals surface area (Å²) in [7, 11) is -3.91. The molecule has 0 radical (unpaired) electrons. The first-order valence-electron chi connectivity index (χ1n) is 7.97. The quantitative estimate of drug-likeness (QED) is 0.658. The van der Waals surface area contributed by atoms with Crippen LogP contribution in [-0.2, 0) is 10.0 Å². The van der Waals surface area contributed by atoms with Gasteiger partial charge in [0.1, 0.15) is 10.6 Å². The van der Waals surface area contributed by atoms with Gasteiger partial charge in [-0.05, 0) is 37.6 Å². The van der Waals surface area contributed by atoms with E-state index in [2.05, 4.69) is 14.9 Å². The number of hydrogen-bond donors (Lipinski definition) is 2. The second-order valence-electron chi connectivity index (χ2n) is 5.61. The Kier molecular flexibility index (Phi) is 5.20. The number of hydrogen-bond acceptors (Lipinski definition) is 4. The molecule has 0 unspecified atom stereocenters. The monoisotopic (exact) mass is 391 g/mol. The number of benzene rings is 2. The lowest BCUT2D eigenvalue weighted by Crippen LogP contribution is -2.14. The predicted octanol–water partition coefficient (Wildman–Crippen LogP) is 4.24. The van der Waals surface area contributed by atoms with Crippen LogP contribution in [0.4, 0.5) is 5.82 Å². The van der Waals surface area contributed by atoms with Crippen molar-refractivity contribution in [1.29, 1.82) is 0 Å². The van der Waals surface area contributed by atoms with Crippen molar-refractivity contribution in [3.63, 3.8) is 0 Å². The lowest BCUT2D eigenvalue weighted by Gasteiger charge is -2.11. The molecule has 8 heteroatoms. The van der Waals surface area contributed by atoms with E-state index in [1.165, 1.54) is 12.1 Å². The Bertz CT molecular complexity index is 1030. The van der Waals surface area contributed by atoms with Gasteiger partial charge >= 0.3 is 0 Å². The number of anilines is 1. The van der Waals surface area contributed by atoms with Gasteiger partial charge in [0.15, 0.2) is 5.82 Å². The maximum atomic E-state index is 12.8. The molecular weight excluding hydrogens is 374 g/mol.